The van der Waals surface area contributed by atoms with Crippen molar-refractivity contribution in [1.82, 2.24) is 10.3 Å². The first kappa shape index (κ1) is 7.72. The lowest BCUT2D eigenvalue weighted by Gasteiger charge is -2.08. The van der Waals surface area contributed by atoms with E-state index >= 15 is 0 Å². The van der Waals surface area contributed by atoms with E-state index < -0.39 is 0 Å². The maximum atomic E-state index is 10.1. The minimum absolute atomic E-state index is 0.0653. The molecule has 11 heavy (non-hydrogen) atoms. The lowest BCUT2D eigenvalue weighted by atomic mass is 10.1. The molecule has 0 fully saturated rings. The van der Waals surface area contributed by atoms with E-state index in [2.05, 4.69) is 10.3 Å². The van der Waals surface area contributed by atoms with Crippen LogP contribution in [0, 0.1) is 0 Å². The van der Waals surface area contributed by atoms with E-state index in [1.54, 1.807) is 12.4 Å². The molecule has 1 rings (SSSR count). The van der Waals surface area contributed by atoms with Gasteiger partial charge in [-0.2, -0.15) is 0 Å². The fourth-order valence-corrected chi connectivity index (χ4v) is 0.850. The summed E-state index contributed by atoms with van der Waals surface area (Å²) in [6, 6.07) is 3.82. The van der Waals surface area contributed by atoms with Crippen LogP contribution in [-0.4, -0.2) is 11.4 Å². The van der Waals surface area contributed by atoms with Crippen LogP contribution in [0.4, 0.5) is 0 Å². The normalized spacial score (nSPS) is 12.1. The van der Waals surface area contributed by atoms with Gasteiger partial charge in [0.25, 0.3) is 0 Å². The second-order valence-electron chi connectivity index (χ2n) is 2.29. The highest BCUT2D eigenvalue weighted by Crippen LogP contribution is 2.08. The fraction of sp³-hybridized carbons (Fsp3) is 0.250. The molecule has 1 unspecified atom stereocenters. The smallest absolute Gasteiger partial charge is 0.207 e. The summed E-state index contributed by atoms with van der Waals surface area (Å²) in [5.74, 6) is 0. The molecule has 1 aromatic heterocycles. The van der Waals surface area contributed by atoms with Crippen molar-refractivity contribution in [2.75, 3.05) is 0 Å². The van der Waals surface area contributed by atoms with Crippen molar-refractivity contribution >= 4 is 6.41 Å². The number of hydrogen-bond acceptors (Lipinski definition) is 2. The summed E-state index contributed by atoms with van der Waals surface area (Å²) in [6.45, 7) is 1.92. The van der Waals surface area contributed by atoms with Crippen molar-refractivity contribution in [3.63, 3.8) is 0 Å². The predicted octanol–water partition coefficient (Wildman–Crippen LogP) is 0.889. The molecule has 1 amide bonds. The topological polar surface area (TPSA) is 42.0 Å². The van der Waals surface area contributed by atoms with Crippen molar-refractivity contribution in [2.24, 2.45) is 0 Å². The molecule has 0 radical (unpaired) electrons. The van der Waals surface area contributed by atoms with Gasteiger partial charge in [-0.05, 0) is 24.6 Å². The molecule has 0 aliphatic rings. The molecule has 0 aromatic carbocycles. The molecule has 0 saturated heterocycles. The molecule has 0 bridgehead atoms. The summed E-state index contributed by atoms with van der Waals surface area (Å²) in [4.78, 5) is 13.9. The highest BCUT2D eigenvalue weighted by atomic mass is 16.1. The van der Waals surface area contributed by atoms with Crippen LogP contribution in [0.15, 0.2) is 24.5 Å². The number of amides is 1. The Labute approximate surface area is 65.5 Å². The number of aromatic nitrogens is 1. The number of nitrogens with one attached hydrogen (secondary N) is 1. The third-order valence-corrected chi connectivity index (χ3v) is 1.52. The zero-order valence-electron chi connectivity index (χ0n) is 6.32. The number of carbonyl (C=O) groups is 1. The van der Waals surface area contributed by atoms with E-state index in [4.69, 9.17) is 0 Å². The number of carbonyl (C=O) groups excluding carboxylic acids is 1. The highest BCUT2D eigenvalue weighted by molar-refractivity contribution is 5.47. The molecule has 58 valence electrons. The van der Waals surface area contributed by atoms with E-state index in [0.29, 0.717) is 6.41 Å². The molecule has 1 N–H and O–H groups in total. The molecule has 0 aliphatic carbocycles. The number of hydrogen-bond donors (Lipinski definition) is 1. The van der Waals surface area contributed by atoms with Gasteiger partial charge in [0.1, 0.15) is 0 Å². The lowest BCUT2D eigenvalue weighted by Crippen LogP contribution is -2.15. The Morgan fingerprint density at radius 3 is 2.73 bits per heavy atom. The van der Waals surface area contributed by atoms with Gasteiger partial charge in [-0.15, -0.1) is 0 Å². The van der Waals surface area contributed by atoms with Crippen LogP contribution in [0.1, 0.15) is 18.5 Å². The van der Waals surface area contributed by atoms with E-state index in [1.165, 1.54) is 0 Å². The van der Waals surface area contributed by atoms with Crippen molar-refractivity contribution in [2.45, 2.75) is 13.0 Å². The van der Waals surface area contributed by atoms with E-state index in [-0.39, 0.29) is 6.04 Å². The lowest BCUT2D eigenvalue weighted by molar-refractivity contribution is -0.110. The number of pyridine rings is 1. The Balaban J connectivity index is 2.68. The molecule has 0 spiro atoms. The average Bonchev–Trinajstić information content (AvgIpc) is 2.07. The van der Waals surface area contributed by atoms with Gasteiger partial charge in [-0.1, -0.05) is 0 Å². The highest BCUT2D eigenvalue weighted by Gasteiger charge is 2.00. The standard InChI is InChI=1S/C8H10N2O/c1-7(10-6-11)8-2-4-9-5-3-8/h2-7H,1H3,(H,10,11). The second kappa shape index (κ2) is 3.71. The van der Waals surface area contributed by atoms with Gasteiger partial charge in [-0.3, -0.25) is 9.78 Å². The van der Waals surface area contributed by atoms with Gasteiger partial charge in [0.2, 0.25) is 6.41 Å². The third kappa shape index (κ3) is 2.04. The molecule has 1 heterocycles. The van der Waals surface area contributed by atoms with E-state index in [9.17, 15) is 4.79 Å². The summed E-state index contributed by atoms with van der Waals surface area (Å²) in [5, 5.41) is 2.65. The molecule has 0 saturated carbocycles. The Kier molecular flexibility index (Phi) is 2.60. The van der Waals surface area contributed by atoms with E-state index in [1.807, 2.05) is 19.1 Å². The van der Waals surface area contributed by atoms with E-state index in [0.717, 1.165) is 5.56 Å². The third-order valence-electron chi connectivity index (χ3n) is 1.52. The zero-order valence-corrected chi connectivity index (χ0v) is 6.32. The second-order valence-corrected chi connectivity index (χ2v) is 2.29. The van der Waals surface area contributed by atoms with Gasteiger partial charge in [-0.25, -0.2) is 0 Å². The first-order chi connectivity index (χ1) is 5.34. The van der Waals surface area contributed by atoms with Crippen LogP contribution < -0.4 is 5.32 Å². The molecule has 3 heteroatoms. The van der Waals surface area contributed by atoms with Crippen molar-refractivity contribution < 1.29 is 4.79 Å². The summed E-state index contributed by atoms with van der Waals surface area (Å²) in [6.07, 6.45) is 4.11. The number of nitrogens with zero attached hydrogens (tertiary/aromatic N) is 1. The van der Waals surface area contributed by atoms with Crippen LogP contribution in [0.5, 0.6) is 0 Å². The first-order valence-corrected chi connectivity index (χ1v) is 3.44. The van der Waals surface area contributed by atoms with Crippen LogP contribution in [0.3, 0.4) is 0 Å². The first-order valence-electron chi connectivity index (χ1n) is 3.44. The van der Waals surface area contributed by atoms with Crippen molar-refractivity contribution in [3.05, 3.63) is 30.1 Å². The maximum absolute atomic E-state index is 10.1. The summed E-state index contributed by atoms with van der Waals surface area (Å²) in [5.41, 5.74) is 1.06. The average molecular weight is 150 g/mol. The minimum atomic E-state index is 0.0653. The Hall–Kier alpha value is -1.38. The van der Waals surface area contributed by atoms with Gasteiger partial charge in [0.15, 0.2) is 0 Å². The minimum Gasteiger partial charge on any atom is -0.352 e. The summed E-state index contributed by atoms with van der Waals surface area (Å²) >= 11 is 0. The van der Waals surface area contributed by atoms with Crippen molar-refractivity contribution in [3.8, 4) is 0 Å². The van der Waals surface area contributed by atoms with Crippen LogP contribution in [-0.2, 0) is 4.79 Å². The molecular weight excluding hydrogens is 140 g/mol. The summed E-state index contributed by atoms with van der Waals surface area (Å²) in [7, 11) is 0. The molecule has 1 atom stereocenters. The van der Waals surface area contributed by atoms with Crippen LogP contribution in [0.2, 0.25) is 0 Å². The van der Waals surface area contributed by atoms with Gasteiger partial charge in [0, 0.05) is 12.4 Å². The zero-order chi connectivity index (χ0) is 8.10. The summed E-state index contributed by atoms with van der Waals surface area (Å²) < 4.78 is 0. The SMILES string of the molecule is CC(NC=O)c1ccncc1. The number of rotatable bonds is 3. The Morgan fingerprint density at radius 1 is 1.55 bits per heavy atom. The van der Waals surface area contributed by atoms with Gasteiger partial charge < -0.3 is 5.32 Å². The molecule has 0 aliphatic heterocycles. The molecule has 1 aromatic rings. The van der Waals surface area contributed by atoms with Crippen LogP contribution >= 0.6 is 0 Å². The Bertz CT molecular complexity index is 223. The molecule has 3 nitrogen and oxygen atoms in total. The molecular formula is C8H10N2O. The maximum Gasteiger partial charge on any atom is 0.207 e. The van der Waals surface area contributed by atoms with Gasteiger partial charge in [0.05, 0.1) is 6.04 Å². The fourth-order valence-electron chi connectivity index (χ4n) is 0.850. The monoisotopic (exact) mass is 150 g/mol. The predicted molar refractivity (Wildman–Crippen MR) is 41.9 cm³/mol. The largest absolute Gasteiger partial charge is 0.352 e. The van der Waals surface area contributed by atoms with Crippen molar-refractivity contribution in [1.29, 1.82) is 0 Å². The Morgan fingerprint density at radius 2 is 2.18 bits per heavy atom. The van der Waals surface area contributed by atoms with Crippen LogP contribution in [0.25, 0.3) is 0 Å². The van der Waals surface area contributed by atoms with Gasteiger partial charge >= 0.3 is 0 Å². The quantitative estimate of drug-likeness (QED) is 0.650.